The molecule has 0 amide bonds. The van der Waals surface area contributed by atoms with E-state index in [0.717, 1.165) is 25.7 Å². The second kappa shape index (κ2) is 15.0. The van der Waals surface area contributed by atoms with Gasteiger partial charge in [-0.25, -0.2) is 17.8 Å². The molecule has 14 nitrogen and oxygen atoms in total. The third-order valence-corrected chi connectivity index (χ3v) is 12.2. The number of aliphatic hydroxyl groups excluding tert-OH is 2. The number of aliphatic hydroxyl groups is 2. The van der Waals surface area contributed by atoms with Gasteiger partial charge in [-0.1, -0.05) is 44.2 Å². The zero-order valence-electron chi connectivity index (χ0n) is 24.5. The van der Waals surface area contributed by atoms with Gasteiger partial charge in [-0.15, -0.1) is 0 Å². The zero-order chi connectivity index (χ0) is 32.9. The van der Waals surface area contributed by atoms with Crippen LogP contribution >= 0.6 is 19.2 Å². The number of unbranched alkanes of at least 4 members (excludes halogenated alkanes) is 4. The summed E-state index contributed by atoms with van der Waals surface area (Å²) in [6, 6.07) is 3.29. The molecule has 1 saturated heterocycles. The Bertz CT molecular complexity index is 1560. The van der Waals surface area contributed by atoms with E-state index in [1.165, 1.54) is 10.8 Å². The molecule has 2 aromatic rings. The van der Waals surface area contributed by atoms with Crippen LogP contribution in [0.2, 0.25) is 5.15 Å². The van der Waals surface area contributed by atoms with E-state index in [0.29, 0.717) is 17.5 Å². The number of nitrogens with zero attached hydrogens (tertiary/aromatic N) is 3. The number of halogens is 2. The van der Waals surface area contributed by atoms with Crippen molar-refractivity contribution in [1.29, 1.82) is 5.26 Å². The van der Waals surface area contributed by atoms with E-state index in [2.05, 4.69) is 21.7 Å². The van der Waals surface area contributed by atoms with Crippen LogP contribution in [-0.4, -0.2) is 87.6 Å². The van der Waals surface area contributed by atoms with E-state index < -0.39 is 72.2 Å². The second-order valence-electron chi connectivity index (χ2n) is 11.3. The third kappa shape index (κ3) is 8.93. The summed E-state index contributed by atoms with van der Waals surface area (Å²) < 4.78 is 67.9. The summed E-state index contributed by atoms with van der Waals surface area (Å²) in [6.45, 7) is 1.15. The highest BCUT2D eigenvalue weighted by Crippen LogP contribution is 2.44. The summed E-state index contributed by atoms with van der Waals surface area (Å²) in [5, 5.41) is 34.4. The van der Waals surface area contributed by atoms with E-state index in [1.54, 1.807) is 6.07 Å². The van der Waals surface area contributed by atoms with Crippen LogP contribution in [0.3, 0.4) is 0 Å². The van der Waals surface area contributed by atoms with Crippen molar-refractivity contribution in [2.75, 3.05) is 23.4 Å². The molecule has 1 aliphatic heterocycles. The summed E-state index contributed by atoms with van der Waals surface area (Å²) in [7, 11) is -9.20. The maximum Gasteiger partial charge on any atom is 0.346 e. The highest BCUT2D eigenvalue weighted by atomic mass is 35.5. The number of ether oxygens (including phenoxy) is 2. The first kappa shape index (κ1) is 35.5. The summed E-state index contributed by atoms with van der Waals surface area (Å²) in [5.41, 5.74) is -0.861. The van der Waals surface area contributed by atoms with Gasteiger partial charge in [0, 0.05) is 24.0 Å². The van der Waals surface area contributed by atoms with Crippen LogP contribution in [0.25, 0.3) is 11.0 Å². The fraction of sp³-hybridized carbons (Fsp3) is 0.667. The van der Waals surface area contributed by atoms with Crippen molar-refractivity contribution in [2.24, 2.45) is 0 Å². The summed E-state index contributed by atoms with van der Waals surface area (Å²) >= 11 is 6.27. The van der Waals surface area contributed by atoms with Crippen molar-refractivity contribution in [3.63, 3.8) is 0 Å². The van der Waals surface area contributed by atoms with Gasteiger partial charge in [0.15, 0.2) is 26.7 Å². The monoisotopic (exact) mass is 694 g/mol. The average Bonchev–Trinajstić information content (AvgIpc) is 3.46. The molecule has 0 radical (unpaired) electrons. The smallest absolute Gasteiger partial charge is 0.346 e. The number of sulfone groups is 1. The molecule has 18 heteroatoms. The molecule has 1 unspecified atom stereocenters. The van der Waals surface area contributed by atoms with Gasteiger partial charge in [0.1, 0.15) is 41.8 Å². The first-order chi connectivity index (χ1) is 21.2. The van der Waals surface area contributed by atoms with E-state index >= 15 is 0 Å². The first-order valence-corrected chi connectivity index (χ1v) is 18.6. The Hall–Kier alpha value is -2.35. The highest BCUT2D eigenvalue weighted by molar-refractivity contribution is 7.97. The van der Waals surface area contributed by atoms with Crippen molar-refractivity contribution in [2.45, 2.75) is 95.0 Å². The fourth-order valence-electron chi connectivity index (χ4n) is 5.27. The molecule has 1 aliphatic carbocycles. The maximum atomic E-state index is 13.4. The van der Waals surface area contributed by atoms with E-state index in [4.69, 9.17) is 21.1 Å². The van der Waals surface area contributed by atoms with Gasteiger partial charge in [-0.2, -0.15) is 5.26 Å². The van der Waals surface area contributed by atoms with Crippen LogP contribution in [0.5, 0.6) is 0 Å². The lowest BCUT2D eigenvalue weighted by molar-refractivity contribution is -0.150. The molecule has 2 aromatic heterocycles. The average molecular weight is 695 g/mol. The van der Waals surface area contributed by atoms with Crippen LogP contribution < -0.4 is 5.32 Å². The van der Waals surface area contributed by atoms with E-state index in [9.17, 15) is 42.5 Å². The Balaban J connectivity index is 1.38. The summed E-state index contributed by atoms with van der Waals surface area (Å²) in [4.78, 5) is 26.1. The van der Waals surface area contributed by atoms with Crippen molar-refractivity contribution in [3.05, 3.63) is 23.0 Å². The largest absolute Gasteiger partial charge is 0.438 e. The number of carbonyl (C=O) groups is 1. The van der Waals surface area contributed by atoms with Gasteiger partial charge in [0.05, 0.1) is 11.4 Å². The molecule has 4 rings (SSSR count). The standard InChI is InChI=1S/C27H37ClFN4O10PS/c1-2-3-4-5-6-7-21(34)41-14-42-44(37,38)15-45(39,40)13-20-23(35)24(36)27(43-20)33-9-8-18-22(31-17-10-16(29)11-17)19(12-30)25(28)32-26(18)33/h8-9,16-17,20,23-24,27,35-36H,2-7,10-11,13-15H2,1H3,(H,31,32)(H,37,38)/t16-,17+,20-,23-,24-,27-/m1/s1. The molecule has 4 N–H and O–H groups in total. The molecular weight excluding hydrogens is 658 g/mol. The zero-order valence-corrected chi connectivity index (χ0v) is 27.0. The number of hydrogen-bond acceptors (Lipinski definition) is 12. The lowest BCUT2D eigenvalue weighted by atomic mass is 9.90. The van der Waals surface area contributed by atoms with Crippen molar-refractivity contribution in [1.82, 2.24) is 9.55 Å². The Morgan fingerprint density at radius 1 is 1.29 bits per heavy atom. The highest BCUT2D eigenvalue weighted by Gasteiger charge is 2.47. The molecule has 0 aromatic carbocycles. The molecule has 250 valence electrons. The topological polar surface area (TPSA) is 210 Å². The number of carbonyl (C=O) groups excluding carboxylic acids is 1. The number of anilines is 1. The van der Waals surface area contributed by atoms with E-state index in [-0.39, 0.29) is 41.7 Å². The molecule has 3 heterocycles. The fourth-order valence-corrected chi connectivity index (χ4v) is 9.19. The quantitative estimate of drug-likeness (QED) is 0.0652. The van der Waals surface area contributed by atoms with Crippen LogP contribution in [0.15, 0.2) is 12.3 Å². The van der Waals surface area contributed by atoms with Gasteiger partial charge >= 0.3 is 13.6 Å². The number of aromatic nitrogens is 2. The van der Waals surface area contributed by atoms with Crippen LogP contribution in [0.4, 0.5) is 10.1 Å². The third-order valence-electron chi connectivity index (χ3n) is 7.71. The van der Waals surface area contributed by atoms with Crippen LogP contribution in [0.1, 0.15) is 70.1 Å². The number of pyridine rings is 1. The molecule has 1 saturated carbocycles. The molecule has 5 atom stereocenters. The molecular formula is C27H37ClFN4O10PS. The molecule has 2 aliphatic rings. The Kier molecular flexibility index (Phi) is 11.9. The minimum atomic E-state index is -4.78. The molecule has 0 bridgehead atoms. The van der Waals surface area contributed by atoms with E-state index in [1.807, 2.05) is 6.07 Å². The number of hydrogen-bond donors (Lipinski definition) is 4. The first-order valence-electron chi connectivity index (χ1n) is 14.6. The number of fused-ring (bicyclic) bond motifs is 1. The SMILES string of the molecule is CCCCCCCC(=O)OCOP(=O)(O)CS(=O)(=O)C[C@H]1O[C@@H](n2ccc3c(N[C@H]4C[C@@H](F)C4)c(C#N)c(Cl)nc32)[C@H](O)[C@@H]1O. The molecule has 45 heavy (non-hydrogen) atoms. The van der Waals surface area contributed by atoms with Gasteiger partial charge in [-0.05, 0) is 25.3 Å². The minimum absolute atomic E-state index is 0.0361. The van der Waals surface area contributed by atoms with Crippen LogP contribution in [0, 0.1) is 11.3 Å². The number of rotatable bonds is 16. The van der Waals surface area contributed by atoms with Gasteiger partial charge in [0.2, 0.25) is 6.79 Å². The summed E-state index contributed by atoms with van der Waals surface area (Å²) in [5.74, 6) is -1.59. The minimum Gasteiger partial charge on any atom is -0.438 e. The lowest BCUT2D eigenvalue weighted by Gasteiger charge is -2.31. The molecule has 2 fully saturated rings. The van der Waals surface area contributed by atoms with Gasteiger partial charge in [-0.3, -0.25) is 13.9 Å². The van der Waals surface area contributed by atoms with Crippen molar-refractivity contribution < 1.29 is 51.3 Å². The molecule has 0 spiro atoms. The van der Waals surface area contributed by atoms with Crippen molar-refractivity contribution >= 4 is 51.7 Å². The lowest BCUT2D eigenvalue weighted by Crippen LogP contribution is -2.36. The second-order valence-corrected chi connectivity index (χ2v) is 16.0. The predicted octanol–water partition coefficient (Wildman–Crippen LogP) is 3.53. The van der Waals surface area contributed by atoms with Gasteiger partial charge in [0.25, 0.3) is 0 Å². The Morgan fingerprint density at radius 2 is 2.00 bits per heavy atom. The Labute approximate surface area is 264 Å². The summed E-state index contributed by atoms with van der Waals surface area (Å²) in [6.07, 6.45) is -0.672. The number of esters is 1. The maximum absolute atomic E-state index is 13.4. The van der Waals surface area contributed by atoms with Gasteiger partial charge < -0.3 is 34.5 Å². The Morgan fingerprint density at radius 3 is 2.67 bits per heavy atom. The van der Waals surface area contributed by atoms with Crippen LogP contribution in [-0.2, 0) is 33.2 Å². The predicted molar refractivity (Wildman–Crippen MR) is 161 cm³/mol. The number of alkyl halides is 1. The number of nitrogens with one attached hydrogen (secondary N) is 1. The number of nitriles is 1. The van der Waals surface area contributed by atoms with Crippen molar-refractivity contribution in [3.8, 4) is 6.07 Å². The normalized spacial score (nSPS) is 26.2.